The maximum absolute atomic E-state index is 12.4. The van der Waals surface area contributed by atoms with Gasteiger partial charge in [0, 0.05) is 0 Å². The number of carbonyl (C=O) groups is 1. The number of rotatable bonds is 7. The van der Waals surface area contributed by atoms with Crippen molar-refractivity contribution in [3.63, 3.8) is 0 Å². The summed E-state index contributed by atoms with van der Waals surface area (Å²) in [5.41, 5.74) is 7.38. The van der Waals surface area contributed by atoms with Crippen LogP contribution in [0.2, 0.25) is 0 Å². The van der Waals surface area contributed by atoms with Gasteiger partial charge in [-0.2, -0.15) is 15.0 Å². The Labute approximate surface area is 179 Å². The van der Waals surface area contributed by atoms with Crippen molar-refractivity contribution in [2.45, 2.75) is 13.0 Å². The molecular weight excluding hydrogens is 394 g/mol. The summed E-state index contributed by atoms with van der Waals surface area (Å²) in [6.45, 7) is -0.114. The van der Waals surface area contributed by atoms with Crippen LogP contribution in [0.3, 0.4) is 0 Å². The van der Waals surface area contributed by atoms with Crippen LogP contribution in [0.1, 0.15) is 11.4 Å². The smallest absolute Gasteiger partial charge is 0.310 e. The first kappa shape index (κ1) is 20.1. The zero-order valence-corrected chi connectivity index (χ0v) is 16.9. The number of ether oxygens (including phenoxy) is 2. The Balaban J connectivity index is 1.44. The molecule has 31 heavy (non-hydrogen) atoms. The van der Waals surface area contributed by atoms with Crippen molar-refractivity contribution in [1.82, 2.24) is 15.0 Å². The summed E-state index contributed by atoms with van der Waals surface area (Å²) < 4.78 is 10.7. The summed E-state index contributed by atoms with van der Waals surface area (Å²) in [5, 5.41) is 5.14. The molecule has 0 bridgehead atoms. The molecule has 0 radical (unpaired) electrons. The van der Waals surface area contributed by atoms with E-state index >= 15 is 0 Å². The zero-order chi connectivity index (χ0) is 21.6. The van der Waals surface area contributed by atoms with Crippen molar-refractivity contribution in [3.05, 3.63) is 78.1 Å². The van der Waals surface area contributed by atoms with Crippen LogP contribution < -0.4 is 15.8 Å². The Bertz CT molecular complexity index is 1220. The van der Waals surface area contributed by atoms with Crippen LogP contribution in [0.5, 0.6) is 5.75 Å². The minimum atomic E-state index is -0.380. The third-order valence-corrected chi connectivity index (χ3v) is 4.63. The van der Waals surface area contributed by atoms with Crippen LogP contribution in [0, 0.1) is 0 Å². The molecule has 0 atom stereocenters. The maximum atomic E-state index is 12.4. The van der Waals surface area contributed by atoms with Gasteiger partial charge < -0.3 is 20.5 Å². The number of benzene rings is 3. The van der Waals surface area contributed by atoms with Gasteiger partial charge in [0.25, 0.3) is 0 Å². The van der Waals surface area contributed by atoms with E-state index in [9.17, 15) is 4.79 Å². The number of hydrogen-bond acceptors (Lipinski definition) is 8. The Hall–Kier alpha value is -4.20. The Morgan fingerprint density at radius 3 is 2.61 bits per heavy atom. The molecule has 0 fully saturated rings. The molecule has 8 heteroatoms. The molecule has 1 aromatic heterocycles. The van der Waals surface area contributed by atoms with Crippen LogP contribution in [-0.2, 0) is 22.6 Å². The van der Waals surface area contributed by atoms with Crippen LogP contribution in [0.4, 0.5) is 17.6 Å². The Morgan fingerprint density at radius 2 is 1.74 bits per heavy atom. The highest BCUT2D eigenvalue weighted by molar-refractivity contribution is 5.88. The van der Waals surface area contributed by atoms with E-state index in [-0.39, 0.29) is 36.7 Å². The molecule has 4 aromatic rings. The largest absolute Gasteiger partial charge is 0.495 e. The van der Waals surface area contributed by atoms with Crippen molar-refractivity contribution < 1.29 is 14.3 Å². The standard InChI is InChI=1S/C23H21N5O3/c1-30-19-12-5-4-11-18(19)25-23-27-20(26-22(24)28-23)14-31-21(29)13-16-9-6-8-15-7-2-3-10-17(15)16/h2-12H,13-14H2,1H3,(H3,24,25,26,27,28). The van der Waals surface area contributed by atoms with Gasteiger partial charge in [0.05, 0.1) is 19.2 Å². The van der Waals surface area contributed by atoms with E-state index in [2.05, 4.69) is 20.3 Å². The highest BCUT2D eigenvalue weighted by atomic mass is 16.5. The number of hydrogen-bond donors (Lipinski definition) is 2. The maximum Gasteiger partial charge on any atom is 0.310 e. The molecule has 4 rings (SSSR count). The van der Waals surface area contributed by atoms with E-state index in [4.69, 9.17) is 15.2 Å². The predicted molar refractivity (Wildman–Crippen MR) is 118 cm³/mol. The third kappa shape index (κ3) is 4.87. The van der Waals surface area contributed by atoms with Crippen molar-refractivity contribution in [2.24, 2.45) is 0 Å². The van der Waals surface area contributed by atoms with Gasteiger partial charge in [-0.15, -0.1) is 0 Å². The molecule has 0 saturated carbocycles. The second-order valence-corrected chi connectivity index (χ2v) is 6.73. The number of methoxy groups -OCH3 is 1. The highest BCUT2D eigenvalue weighted by Gasteiger charge is 2.12. The molecule has 8 nitrogen and oxygen atoms in total. The molecule has 0 unspecified atom stereocenters. The fraction of sp³-hybridized carbons (Fsp3) is 0.130. The molecule has 0 spiro atoms. The molecule has 0 aliphatic rings. The minimum Gasteiger partial charge on any atom is -0.495 e. The second-order valence-electron chi connectivity index (χ2n) is 6.73. The van der Waals surface area contributed by atoms with Crippen molar-refractivity contribution in [3.8, 4) is 5.75 Å². The second kappa shape index (κ2) is 9.08. The van der Waals surface area contributed by atoms with Gasteiger partial charge in [0.1, 0.15) is 5.75 Å². The third-order valence-electron chi connectivity index (χ3n) is 4.63. The number of esters is 1. The van der Waals surface area contributed by atoms with Crippen molar-refractivity contribution >= 4 is 34.3 Å². The fourth-order valence-corrected chi connectivity index (χ4v) is 3.23. The monoisotopic (exact) mass is 415 g/mol. The number of para-hydroxylation sites is 2. The first-order chi connectivity index (χ1) is 15.1. The van der Waals surface area contributed by atoms with Crippen LogP contribution in [-0.4, -0.2) is 28.0 Å². The van der Waals surface area contributed by atoms with E-state index in [1.54, 1.807) is 7.11 Å². The molecular formula is C23H21N5O3. The molecule has 0 amide bonds. The number of fused-ring (bicyclic) bond motifs is 1. The summed E-state index contributed by atoms with van der Waals surface area (Å²) in [4.78, 5) is 24.8. The quantitative estimate of drug-likeness (QED) is 0.440. The lowest BCUT2D eigenvalue weighted by Gasteiger charge is -2.11. The van der Waals surface area contributed by atoms with Crippen molar-refractivity contribution in [1.29, 1.82) is 0 Å². The summed E-state index contributed by atoms with van der Waals surface area (Å²) >= 11 is 0. The van der Waals surface area contributed by atoms with Gasteiger partial charge in [0.15, 0.2) is 12.4 Å². The summed E-state index contributed by atoms with van der Waals surface area (Å²) in [7, 11) is 1.57. The molecule has 3 N–H and O–H groups in total. The number of carbonyl (C=O) groups excluding carboxylic acids is 1. The molecule has 1 heterocycles. The SMILES string of the molecule is COc1ccccc1Nc1nc(N)nc(COC(=O)Cc2cccc3ccccc23)n1. The lowest BCUT2D eigenvalue weighted by Crippen LogP contribution is -2.12. The number of nitrogens with one attached hydrogen (secondary N) is 1. The Kier molecular flexibility index (Phi) is 5.89. The zero-order valence-electron chi connectivity index (χ0n) is 16.9. The van der Waals surface area contributed by atoms with E-state index in [0.717, 1.165) is 16.3 Å². The average molecular weight is 415 g/mol. The number of aromatic nitrogens is 3. The molecule has 0 aliphatic carbocycles. The lowest BCUT2D eigenvalue weighted by atomic mass is 10.0. The van der Waals surface area contributed by atoms with Gasteiger partial charge in [-0.3, -0.25) is 4.79 Å². The molecule has 0 saturated heterocycles. The van der Waals surface area contributed by atoms with E-state index < -0.39 is 0 Å². The number of nitrogens with two attached hydrogens (primary N) is 1. The summed E-state index contributed by atoms with van der Waals surface area (Å²) in [6.07, 6.45) is 0.147. The normalized spacial score (nSPS) is 10.6. The van der Waals surface area contributed by atoms with Crippen LogP contribution in [0.25, 0.3) is 10.8 Å². The number of anilines is 3. The predicted octanol–water partition coefficient (Wildman–Crippen LogP) is 3.65. The summed E-state index contributed by atoms with van der Waals surface area (Å²) in [5.74, 6) is 0.750. The molecule has 0 aliphatic heterocycles. The Morgan fingerprint density at radius 1 is 0.968 bits per heavy atom. The van der Waals surface area contributed by atoms with E-state index in [0.29, 0.717) is 11.4 Å². The van der Waals surface area contributed by atoms with E-state index in [1.165, 1.54) is 0 Å². The van der Waals surface area contributed by atoms with Crippen molar-refractivity contribution in [2.75, 3.05) is 18.2 Å². The van der Waals surface area contributed by atoms with Gasteiger partial charge in [-0.05, 0) is 28.5 Å². The first-order valence-corrected chi connectivity index (χ1v) is 9.65. The number of nitrogens with zero attached hydrogens (tertiary/aromatic N) is 3. The lowest BCUT2D eigenvalue weighted by molar-refractivity contribution is -0.144. The minimum absolute atomic E-state index is 0.0208. The fourth-order valence-electron chi connectivity index (χ4n) is 3.23. The van der Waals surface area contributed by atoms with Gasteiger partial charge >= 0.3 is 5.97 Å². The number of nitrogen functional groups attached to an aromatic ring is 1. The molecule has 3 aromatic carbocycles. The van der Waals surface area contributed by atoms with Gasteiger partial charge in [-0.1, -0.05) is 54.6 Å². The van der Waals surface area contributed by atoms with Crippen LogP contribution in [0.15, 0.2) is 66.7 Å². The summed E-state index contributed by atoms with van der Waals surface area (Å²) in [6, 6.07) is 21.1. The van der Waals surface area contributed by atoms with Gasteiger partial charge in [-0.25, -0.2) is 0 Å². The molecule has 156 valence electrons. The first-order valence-electron chi connectivity index (χ1n) is 9.65. The highest BCUT2D eigenvalue weighted by Crippen LogP contribution is 2.25. The van der Waals surface area contributed by atoms with Gasteiger partial charge in [0.2, 0.25) is 11.9 Å². The van der Waals surface area contributed by atoms with Crippen LogP contribution >= 0.6 is 0 Å². The average Bonchev–Trinajstić information content (AvgIpc) is 2.78. The van der Waals surface area contributed by atoms with E-state index in [1.807, 2.05) is 66.7 Å². The topological polar surface area (TPSA) is 112 Å².